The third-order valence-corrected chi connectivity index (χ3v) is 4.75. The molecule has 2 heteroatoms. The molecule has 0 amide bonds. The molecule has 0 heterocycles. The molecule has 0 radical (unpaired) electrons. The monoisotopic (exact) mass is 224 g/mol. The standard InChI is InChI=1S/C13H21FSi/c1-5-6-7-11-10-12(15(2,3)4)8-9-13(11)14/h8-10H,5-7H2,1-4H3. The Balaban J connectivity index is 2.95. The van der Waals surface area contributed by atoms with E-state index in [1.54, 1.807) is 6.07 Å². The molecule has 0 aromatic heterocycles. The Labute approximate surface area is 93.5 Å². The third-order valence-electron chi connectivity index (χ3n) is 2.71. The number of aryl methyl sites for hydroxylation is 1. The first-order valence-electron chi connectivity index (χ1n) is 5.74. The van der Waals surface area contributed by atoms with E-state index in [1.165, 1.54) is 5.19 Å². The van der Waals surface area contributed by atoms with Crippen LogP contribution in [0.2, 0.25) is 19.6 Å². The Hall–Kier alpha value is -0.633. The van der Waals surface area contributed by atoms with E-state index in [0.717, 1.165) is 24.8 Å². The highest BCUT2D eigenvalue weighted by Crippen LogP contribution is 2.12. The lowest BCUT2D eigenvalue weighted by Gasteiger charge is -2.17. The van der Waals surface area contributed by atoms with Gasteiger partial charge in [-0.3, -0.25) is 0 Å². The second kappa shape index (κ2) is 4.93. The van der Waals surface area contributed by atoms with Gasteiger partial charge < -0.3 is 0 Å². The SMILES string of the molecule is CCCCc1cc([Si](C)(C)C)ccc1F. The van der Waals surface area contributed by atoms with Crippen LogP contribution in [0.4, 0.5) is 4.39 Å². The van der Waals surface area contributed by atoms with Gasteiger partial charge in [-0.2, -0.15) is 0 Å². The van der Waals surface area contributed by atoms with Crippen molar-refractivity contribution < 1.29 is 4.39 Å². The lowest BCUT2D eigenvalue weighted by atomic mass is 10.1. The molecule has 0 unspecified atom stereocenters. The zero-order valence-electron chi connectivity index (χ0n) is 10.2. The molecule has 0 N–H and O–H groups in total. The first kappa shape index (κ1) is 12.4. The Bertz CT molecular complexity index is 326. The van der Waals surface area contributed by atoms with Crippen LogP contribution in [0, 0.1) is 5.82 Å². The van der Waals surface area contributed by atoms with E-state index in [0.29, 0.717) is 0 Å². The highest BCUT2D eigenvalue weighted by molar-refractivity contribution is 6.88. The van der Waals surface area contributed by atoms with Crippen LogP contribution in [0.1, 0.15) is 25.3 Å². The van der Waals surface area contributed by atoms with Crippen molar-refractivity contribution in [1.29, 1.82) is 0 Å². The summed E-state index contributed by atoms with van der Waals surface area (Å²) in [4.78, 5) is 0. The van der Waals surface area contributed by atoms with Gasteiger partial charge in [-0.25, -0.2) is 4.39 Å². The van der Waals surface area contributed by atoms with Crippen molar-refractivity contribution in [3.05, 3.63) is 29.6 Å². The number of unbranched alkanes of at least 4 members (excludes halogenated alkanes) is 1. The van der Waals surface area contributed by atoms with E-state index in [9.17, 15) is 4.39 Å². The molecule has 15 heavy (non-hydrogen) atoms. The molecule has 84 valence electrons. The quantitative estimate of drug-likeness (QED) is 0.684. The van der Waals surface area contributed by atoms with E-state index in [4.69, 9.17) is 0 Å². The van der Waals surface area contributed by atoms with E-state index in [-0.39, 0.29) is 5.82 Å². The van der Waals surface area contributed by atoms with Gasteiger partial charge in [-0.15, -0.1) is 0 Å². The molecule has 0 nitrogen and oxygen atoms in total. The number of hydrogen-bond acceptors (Lipinski definition) is 0. The van der Waals surface area contributed by atoms with Gasteiger partial charge in [0.1, 0.15) is 5.82 Å². The summed E-state index contributed by atoms with van der Waals surface area (Å²) in [7, 11) is -1.29. The van der Waals surface area contributed by atoms with Gasteiger partial charge in [0.15, 0.2) is 0 Å². The summed E-state index contributed by atoms with van der Waals surface area (Å²) in [6.07, 6.45) is 3.07. The Kier molecular flexibility index (Phi) is 4.09. The van der Waals surface area contributed by atoms with Crippen molar-refractivity contribution in [1.82, 2.24) is 0 Å². The van der Waals surface area contributed by atoms with Gasteiger partial charge >= 0.3 is 0 Å². The minimum atomic E-state index is -1.29. The van der Waals surface area contributed by atoms with Crippen molar-refractivity contribution in [3.8, 4) is 0 Å². The van der Waals surface area contributed by atoms with Crippen LogP contribution in [0.25, 0.3) is 0 Å². The Morgan fingerprint density at radius 1 is 1.20 bits per heavy atom. The molecule has 0 bridgehead atoms. The summed E-state index contributed by atoms with van der Waals surface area (Å²) >= 11 is 0. The van der Waals surface area contributed by atoms with Crippen LogP contribution in [-0.2, 0) is 6.42 Å². The fraction of sp³-hybridized carbons (Fsp3) is 0.538. The predicted octanol–water partition coefficient (Wildman–Crippen LogP) is 3.71. The molecular formula is C13H21FSi. The van der Waals surface area contributed by atoms with Gasteiger partial charge in [-0.1, -0.05) is 50.3 Å². The summed E-state index contributed by atoms with van der Waals surface area (Å²) in [6, 6.07) is 5.67. The topological polar surface area (TPSA) is 0 Å². The van der Waals surface area contributed by atoms with Gasteiger partial charge in [0.05, 0.1) is 8.07 Å². The summed E-state index contributed by atoms with van der Waals surface area (Å²) in [5.41, 5.74) is 0.900. The van der Waals surface area contributed by atoms with Crippen LogP contribution in [0.15, 0.2) is 18.2 Å². The summed E-state index contributed by atoms with van der Waals surface area (Å²) in [6.45, 7) is 9.03. The molecule has 0 aliphatic heterocycles. The smallest absolute Gasteiger partial charge is 0.126 e. The first-order valence-corrected chi connectivity index (χ1v) is 9.24. The second-order valence-electron chi connectivity index (χ2n) is 5.16. The number of rotatable bonds is 4. The zero-order chi connectivity index (χ0) is 11.5. The number of hydrogen-bond donors (Lipinski definition) is 0. The lowest BCUT2D eigenvalue weighted by Crippen LogP contribution is -2.37. The van der Waals surface area contributed by atoms with Crippen molar-refractivity contribution in [3.63, 3.8) is 0 Å². The second-order valence-corrected chi connectivity index (χ2v) is 10.2. The molecule has 0 atom stereocenters. The van der Waals surface area contributed by atoms with Crippen molar-refractivity contribution in [2.24, 2.45) is 0 Å². The summed E-state index contributed by atoms with van der Waals surface area (Å²) in [5.74, 6) is -0.0366. The predicted molar refractivity (Wildman–Crippen MR) is 68.0 cm³/mol. The van der Waals surface area contributed by atoms with Gasteiger partial charge in [0.2, 0.25) is 0 Å². The van der Waals surface area contributed by atoms with Crippen LogP contribution in [0.3, 0.4) is 0 Å². The van der Waals surface area contributed by atoms with Crippen molar-refractivity contribution in [2.45, 2.75) is 45.8 Å². The minimum Gasteiger partial charge on any atom is -0.207 e. The average Bonchev–Trinajstić information content (AvgIpc) is 2.15. The maximum atomic E-state index is 13.5. The fourth-order valence-electron chi connectivity index (χ4n) is 1.60. The third kappa shape index (κ3) is 3.45. The van der Waals surface area contributed by atoms with E-state index >= 15 is 0 Å². The lowest BCUT2D eigenvalue weighted by molar-refractivity contribution is 0.603. The molecule has 0 aliphatic rings. The van der Waals surface area contributed by atoms with Crippen LogP contribution < -0.4 is 5.19 Å². The van der Waals surface area contributed by atoms with Crippen molar-refractivity contribution in [2.75, 3.05) is 0 Å². The van der Waals surface area contributed by atoms with E-state index in [2.05, 4.69) is 32.6 Å². The Morgan fingerprint density at radius 3 is 2.40 bits per heavy atom. The van der Waals surface area contributed by atoms with Gasteiger partial charge in [0, 0.05) is 0 Å². The summed E-state index contributed by atoms with van der Waals surface area (Å²) < 4.78 is 13.5. The normalized spacial score (nSPS) is 11.8. The molecule has 1 aromatic rings. The molecule has 1 rings (SSSR count). The largest absolute Gasteiger partial charge is 0.207 e. The fourth-order valence-corrected chi connectivity index (χ4v) is 2.79. The average molecular weight is 224 g/mol. The molecular weight excluding hydrogens is 203 g/mol. The maximum Gasteiger partial charge on any atom is 0.126 e. The molecule has 0 saturated carbocycles. The van der Waals surface area contributed by atoms with Gasteiger partial charge in [0.25, 0.3) is 0 Å². The van der Waals surface area contributed by atoms with Crippen LogP contribution >= 0.6 is 0 Å². The molecule has 1 aromatic carbocycles. The summed E-state index contributed by atoms with van der Waals surface area (Å²) in [5, 5.41) is 1.36. The Morgan fingerprint density at radius 2 is 1.87 bits per heavy atom. The molecule has 0 aliphatic carbocycles. The highest BCUT2D eigenvalue weighted by Gasteiger charge is 2.17. The van der Waals surface area contributed by atoms with Crippen LogP contribution in [0.5, 0.6) is 0 Å². The molecule has 0 spiro atoms. The number of halogens is 1. The highest BCUT2D eigenvalue weighted by atomic mass is 28.3. The first-order chi connectivity index (χ1) is 6.95. The maximum absolute atomic E-state index is 13.5. The van der Waals surface area contributed by atoms with Gasteiger partial charge in [-0.05, 0) is 24.5 Å². The van der Waals surface area contributed by atoms with E-state index in [1.807, 2.05) is 6.07 Å². The van der Waals surface area contributed by atoms with E-state index < -0.39 is 8.07 Å². The molecule has 0 fully saturated rings. The molecule has 0 saturated heterocycles. The number of benzene rings is 1. The van der Waals surface area contributed by atoms with Crippen molar-refractivity contribution >= 4 is 13.3 Å². The zero-order valence-corrected chi connectivity index (χ0v) is 11.2. The van der Waals surface area contributed by atoms with Crippen LogP contribution in [-0.4, -0.2) is 8.07 Å². The minimum absolute atomic E-state index is 0.0366.